The van der Waals surface area contributed by atoms with Crippen LogP contribution in [-0.4, -0.2) is 45.8 Å². The molecule has 2 heterocycles. The van der Waals surface area contributed by atoms with Crippen molar-refractivity contribution in [2.24, 2.45) is 0 Å². The van der Waals surface area contributed by atoms with Crippen molar-refractivity contribution in [3.05, 3.63) is 40.1 Å². The molecule has 0 radical (unpaired) electrons. The number of nitrogens with one attached hydrogen (secondary N) is 1. The predicted octanol–water partition coefficient (Wildman–Crippen LogP) is 3.55. The third-order valence-corrected chi connectivity index (χ3v) is 7.63. The molecule has 1 saturated heterocycles. The average Bonchev–Trinajstić information content (AvgIpc) is 3.08. The van der Waals surface area contributed by atoms with E-state index in [-0.39, 0.29) is 10.8 Å². The number of hydrogen-bond acceptors (Lipinski definition) is 5. The SMILES string of the molecule is Cc1ccsc1C(=O)Nc1cc(S(=O)(=O)N2CCCCC2)ccc1N(C)C. The maximum absolute atomic E-state index is 13.0. The number of rotatable bonds is 5. The van der Waals surface area contributed by atoms with E-state index in [1.165, 1.54) is 15.6 Å². The molecule has 8 heteroatoms. The highest BCUT2D eigenvalue weighted by Gasteiger charge is 2.27. The van der Waals surface area contributed by atoms with E-state index in [9.17, 15) is 13.2 Å². The summed E-state index contributed by atoms with van der Waals surface area (Å²) < 4.78 is 27.5. The van der Waals surface area contributed by atoms with Crippen molar-refractivity contribution in [1.82, 2.24) is 4.31 Å². The molecule has 0 bridgehead atoms. The van der Waals surface area contributed by atoms with Gasteiger partial charge >= 0.3 is 0 Å². The van der Waals surface area contributed by atoms with Gasteiger partial charge in [-0.15, -0.1) is 11.3 Å². The van der Waals surface area contributed by atoms with E-state index in [1.807, 2.05) is 37.4 Å². The van der Waals surface area contributed by atoms with Gasteiger partial charge in [0.15, 0.2) is 0 Å². The number of benzene rings is 1. The molecule has 27 heavy (non-hydrogen) atoms. The van der Waals surface area contributed by atoms with E-state index in [0.717, 1.165) is 30.5 Å². The van der Waals surface area contributed by atoms with E-state index in [4.69, 9.17) is 0 Å². The molecule has 3 rings (SSSR count). The van der Waals surface area contributed by atoms with Crippen LogP contribution in [0.15, 0.2) is 34.5 Å². The van der Waals surface area contributed by atoms with Gasteiger partial charge in [-0.25, -0.2) is 8.42 Å². The van der Waals surface area contributed by atoms with Crippen LogP contribution >= 0.6 is 11.3 Å². The molecule has 1 aliphatic heterocycles. The molecule has 0 spiro atoms. The highest BCUT2D eigenvalue weighted by molar-refractivity contribution is 7.89. The minimum absolute atomic E-state index is 0.216. The van der Waals surface area contributed by atoms with E-state index in [2.05, 4.69) is 5.32 Å². The molecular weight excluding hydrogens is 382 g/mol. The van der Waals surface area contributed by atoms with Crippen LogP contribution in [0.25, 0.3) is 0 Å². The molecule has 2 aromatic rings. The largest absolute Gasteiger partial charge is 0.376 e. The monoisotopic (exact) mass is 407 g/mol. The second-order valence-electron chi connectivity index (χ2n) is 6.92. The molecule has 1 aromatic carbocycles. The fourth-order valence-corrected chi connectivity index (χ4v) is 5.57. The highest BCUT2D eigenvalue weighted by Crippen LogP contribution is 2.31. The Kier molecular flexibility index (Phi) is 5.88. The Balaban J connectivity index is 1.95. The first-order valence-electron chi connectivity index (χ1n) is 8.97. The highest BCUT2D eigenvalue weighted by atomic mass is 32.2. The predicted molar refractivity (Wildman–Crippen MR) is 110 cm³/mol. The summed E-state index contributed by atoms with van der Waals surface area (Å²) in [4.78, 5) is 15.4. The van der Waals surface area contributed by atoms with Crippen LogP contribution < -0.4 is 10.2 Å². The summed E-state index contributed by atoms with van der Waals surface area (Å²) in [5, 5.41) is 4.77. The number of sulfonamides is 1. The average molecular weight is 408 g/mol. The number of carbonyl (C=O) groups excluding carboxylic acids is 1. The summed E-state index contributed by atoms with van der Waals surface area (Å²) in [5.41, 5.74) is 2.16. The molecule has 0 atom stereocenters. The van der Waals surface area contributed by atoms with Crippen LogP contribution in [0.4, 0.5) is 11.4 Å². The van der Waals surface area contributed by atoms with Crippen LogP contribution in [0.5, 0.6) is 0 Å². The Bertz CT molecular complexity index is 929. The summed E-state index contributed by atoms with van der Waals surface area (Å²) in [6.07, 6.45) is 2.83. The maximum atomic E-state index is 13.0. The lowest BCUT2D eigenvalue weighted by atomic mass is 10.2. The van der Waals surface area contributed by atoms with Crippen molar-refractivity contribution in [3.63, 3.8) is 0 Å². The van der Waals surface area contributed by atoms with Crippen molar-refractivity contribution >= 4 is 38.6 Å². The van der Waals surface area contributed by atoms with Crippen molar-refractivity contribution in [2.75, 3.05) is 37.4 Å². The molecule has 146 valence electrons. The van der Waals surface area contributed by atoms with Gasteiger partial charge in [0.25, 0.3) is 5.91 Å². The van der Waals surface area contributed by atoms with Crippen LogP contribution in [0.2, 0.25) is 0 Å². The fourth-order valence-electron chi connectivity index (χ4n) is 3.20. The molecular formula is C19H25N3O3S2. The quantitative estimate of drug-likeness (QED) is 0.823. The Hall–Kier alpha value is -1.90. The summed E-state index contributed by atoms with van der Waals surface area (Å²) in [6.45, 7) is 2.98. The lowest BCUT2D eigenvalue weighted by Gasteiger charge is -2.26. The maximum Gasteiger partial charge on any atom is 0.266 e. The number of aryl methyl sites for hydroxylation is 1. The first-order chi connectivity index (χ1) is 12.8. The number of anilines is 2. The van der Waals surface area contributed by atoms with E-state index >= 15 is 0 Å². The van der Waals surface area contributed by atoms with Gasteiger partial charge in [-0.05, 0) is 55.0 Å². The summed E-state index contributed by atoms with van der Waals surface area (Å²) in [5.74, 6) is -0.224. The second-order valence-corrected chi connectivity index (χ2v) is 9.78. The van der Waals surface area contributed by atoms with Crippen molar-refractivity contribution < 1.29 is 13.2 Å². The van der Waals surface area contributed by atoms with Gasteiger partial charge in [0.05, 0.1) is 21.1 Å². The summed E-state index contributed by atoms with van der Waals surface area (Å²) in [7, 11) is 0.164. The van der Waals surface area contributed by atoms with Gasteiger partial charge in [0.2, 0.25) is 10.0 Å². The van der Waals surface area contributed by atoms with Gasteiger partial charge in [0, 0.05) is 27.2 Å². The number of nitrogens with zero attached hydrogens (tertiary/aromatic N) is 2. The molecule has 0 unspecified atom stereocenters. The van der Waals surface area contributed by atoms with Gasteiger partial charge in [-0.3, -0.25) is 4.79 Å². The Morgan fingerprint density at radius 2 is 1.85 bits per heavy atom. The van der Waals surface area contributed by atoms with Gasteiger partial charge < -0.3 is 10.2 Å². The van der Waals surface area contributed by atoms with Crippen LogP contribution in [0, 0.1) is 6.92 Å². The second kappa shape index (κ2) is 8.00. The van der Waals surface area contributed by atoms with Gasteiger partial charge in [-0.1, -0.05) is 6.42 Å². The number of hydrogen-bond donors (Lipinski definition) is 1. The Labute approximate surface area is 164 Å². The molecule has 1 aromatic heterocycles. The lowest BCUT2D eigenvalue weighted by Crippen LogP contribution is -2.35. The molecule has 1 fully saturated rings. The van der Waals surface area contributed by atoms with Crippen molar-refractivity contribution in [2.45, 2.75) is 31.1 Å². The minimum Gasteiger partial charge on any atom is -0.376 e. The molecule has 0 aliphatic carbocycles. The van der Waals surface area contributed by atoms with E-state index in [0.29, 0.717) is 23.7 Å². The van der Waals surface area contributed by atoms with Crippen molar-refractivity contribution in [1.29, 1.82) is 0 Å². The van der Waals surface area contributed by atoms with Crippen LogP contribution in [0.1, 0.15) is 34.5 Å². The molecule has 1 amide bonds. The van der Waals surface area contributed by atoms with E-state index in [1.54, 1.807) is 18.2 Å². The molecule has 1 N–H and O–H groups in total. The molecule has 1 aliphatic rings. The lowest BCUT2D eigenvalue weighted by molar-refractivity contribution is 0.103. The summed E-state index contributed by atoms with van der Waals surface area (Å²) in [6, 6.07) is 6.82. The fraction of sp³-hybridized carbons (Fsp3) is 0.421. The number of piperidine rings is 1. The zero-order chi connectivity index (χ0) is 19.6. The topological polar surface area (TPSA) is 69.7 Å². The van der Waals surface area contributed by atoms with Gasteiger partial charge in [-0.2, -0.15) is 4.31 Å². The molecule has 0 saturated carbocycles. The third kappa shape index (κ3) is 4.17. The standard InChI is InChI=1S/C19H25N3O3S2/c1-14-9-12-26-18(14)19(23)20-16-13-15(7-8-17(16)21(2)3)27(24,25)22-10-5-4-6-11-22/h7-9,12-13H,4-6,10-11H2,1-3H3,(H,20,23). The smallest absolute Gasteiger partial charge is 0.266 e. The minimum atomic E-state index is -3.56. The van der Waals surface area contributed by atoms with Crippen molar-refractivity contribution in [3.8, 4) is 0 Å². The zero-order valence-corrected chi connectivity index (χ0v) is 17.5. The number of amides is 1. The summed E-state index contributed by atoms with van der Waals surface area (Å²) >= 11 is 1.37. The van der Waals surface area contributed by atoms with E-state index < -0.39 is 10.0 Å². The Morgan fingerprint density at radius 3 is 2.44 bits per heavy atom. The number of thiophene rings is 1. The van der Waals surface area contributed by atoms with Crippen LogP contribution in [-0.2, 0) is 10.0 Å². The number of carbonyl (C=O) groups is 1. The van der Waals surface area contributed by atoms with Crippen LogP contribution in [0.3, 0.4) is 0 Å². The Morgan fingerprint density at radius 1 is 1.15 bits per heavy atom. The first kappa shape index (κ1) is 19.9. The third-order valence-electron chi connectivity index (χ3n) is 4.72. The first-order valence-corrected chi connectivity index (χ1v) is 11.3. The molecule has 6 nitrogen and oxygen atoms in total. The normalized spacial score (nSPS) is 15.5. The van der Waals surface area contributed by atoms with Gasteiger partial charge in [0.1, 0.15) is 0 Å². The zero-order valence-electron chi connectivity index (χ0n) is 15.9.